The van der Waals surface area contributed by atoms with Crippen LogP contribution in [-0.4, -0.2) is 18.3 Å². The van der Waals surface area contributed by atoms with Crippen LogP contribution in [0.5, 0.6) is 0 Å². The smallest absolute Gasteiger partial charge is 0.403 e. The molecule has 3 heteroatoms. The van der Waals surface area contributed by atoms with Gasteiger partial charge < -0.3 is 9.31 Å². The van der Waals surface area contributed by atoms with Crippen molar-refractivity contribution < 1.29 is 9.31 Å². The van der Waals surface area contributed by atoms with E-state index in [4.69, 9.17) is 15.7 Å². The Labute approximate surface area is 196 Å². The zero-order chi connectivity index (χ0) is 24.5. The van der Waals surface area contributed by atoms with Crippen LogP contribution in [0.25, 0.3) is 0 Å². The zero-order valence-electron chi connectivity index (χ0n) is 23.2. The lowest BCUT2D eigenvalue weighted by molar-refractivity contribution is 0.00578. The number of rotatable bonds is 10. The van der Waals surface area contributed by atoms with Crippen LogP contribution in [0.1, 0.15) is 96.9 Å². The summed E-state index contributed by atoms with van der Waals surface area (Å²) in [7, 11) is -0.132. The van der Waals surface area contributed by atoms with E-state index in [1.54, 1.807) is 0 Å². The van der Waals surface area contributed by atoms with Gasteiger partial charge in [0.25, 0.3) is 0 Å². The van der Waals surface area contributed by atoms with Gasteiger partial charge in [0, 0.05) is 5.92 Å². The molecule has 1 rings (SSSR count). The van der Waals surface area contributed by atoms with Gasteiger partial charge in [0.15, 0.2) is 0 Å². The normalized spacial score (nSPS) is 27.8. The Morgan fingerprint density at radius 3 is 1.16 bits per heavy atom. The van der Waals surface area contributed by atoms with Crippen LogP contribution in [0.15, 0.2) is 0 Å². The molecule has 0 radical (unpaired) electrons. The predicted octanol–water partition coefficient (Wildman–Crippen LogP) is 7.83. The number of hydrogen-bond donors (Lipinski definition) is 0. The summed E-state index contributed by atoms with van der Waals surface area (Å²) in [5.74, 6) is 8.49. The van der Waals surface area contributed by atoms with Crippen LogP contribution in [0.4, 0.5) is 0 Å². The maximum atomic E-state index is 6.38. The molecule has 10 atom stereocenters. The third-order valence-corrected chi connectivity index (χ3v) is 10.4. The van der Waals surface area contributed by atoms with Crippen LogP contribution < -0.4 is 0 Å². The van der Waals surface area contributed by atoms with E-state index in [1.807, 2.05) is 0 Å². The second kappa shape index (κ2) is 10.6. The Morgan fingerprint density at radius 1 is 0.548 bits per heavy atom. The second-order valence-corrected chi connectivity index (χ2v) is 12.3. The topological polar surface area (TPSA) is 18.5 Å². The van der Waals surface area contributed by atoms with Crippen molar-refractivity contribution in [3.05, 3.63) is 0 Å². The first kappa shape index (κ1) is 28.6. The van der Waals surface area contributed by atoms with Gasteiger partial charge in [-0.1, -0.05) is 69.2 Å². The van der Waals surface area contributed by atoms with Crippen LogP contribution in [0.3, 0.4) is 0 Å². The summed E-state index contributed by atoms with van der Waals surface area (Å²) >= 11 is 0. The van der Waals surface area contributed by atoms with Crippen molar-refractivity contribution in [1.82, 2.24) is 0 Å². The zero-order valence-corrected chi connectivity index (χ0v) is 23.2. The molecule has 0 N–H and O–H groups in total. The highest BCUT2D eigenvalue weighted by atomic mass is 16.7. The molecule has 0 amide bonds. The van der Waals surface area contributed by atoms with Crippen molar-refractivity contribution in [3.63, 3.8) is 0 Å². The molecule has 0 aromatic heterocycles. The molecule has 0 saturated carbocycles. The minimum atomic E-state index is -0.264. The van der Waals surface area contributed by atoms with Crippen molar-refractivity contribution in [1.29, 1.82) is 0 Å². The van der Waals surface area contributed by atoms with Crippen molar-refractivity contribution >= 4 is 7.12 Å². The summed E-state index contributed by atoms with van der Waals surface area (Å²) in [6.07, 6.45) is 5.71. The van der Waals surface area contributed by atoms with Crippen molar-refractivity contribution in [2.75, 3.05) is 0 Å². The third-order valence-electron chi connectivity index (χ3n) is 10.4. The van der Waals surface area contributed by atoms with Crippen LogP contribution in [0.2, 0.25) is 5.82 Å². The lowest BCUT2D eigenvalue weighted by Crippen LogP contribution is -2.41. The summed E-state index contributed by atoms with van der Waals surface area (Å²) in [6.45, 7) is 32.4. The average molecular weight is 433 g/mol. The molecule has 180 valence electrons. The van der Waals surface area contributed by atoms with Gasteiger partial charge in [0.05, 0.1) is 11.2 Å². The molecule has 31 heavy (non-hydrogen) atoms. The highest BCUT2D eigenvalue weighted by molar-refractivity contribution is 6.47. The van der Waals surface area contributed by atoms with Crippen molar-refractivity contribution in [3.8, 4) is 12.3 Å². The molecule has 1 aliphatic rings. The maximum Gasteiger partial charge on any atom is 0.461 e. The van der Waals surface area contributed by atoms with Crippen molar-refractivity contribution in [2.45, 2.75) is 114 Å². The fraction of sp³-hybridized carbons (Fsp3) is 0.929. The second-order valence-electron chi connectivity index (χ2n) is 12.3. The number of terminal acetylenes is 1. The molecule has 0 aromatic carbocycles. The Hall–Kier alpha value is -0.455. The Kier molecular flexibility index (Phi) is 9.82. The molecule has 1 aliphatic heterocycles. The van der Waals surface area contributed by atoms with E-state index in [0.717, 1.165) is 0 Å². The lowest BCUT2D eigenvalue weighted by atomic mass is 9.59. The van der Waals surface area contributed by atoms with E-state index in [1.165, 1.54) is 0 Å². The van der Waals surface area contributed by atoms with E-state index >= 15 is 0 Å². The molecule has 1 heterocycles. The van der Waals surface area contributed by atoms with E-state index in [9.17, 15) is 0 Å². The summed E-state index contributed by atoms with van der Waals surface area (Å²) in [6, 6.07) is 0. The summed E-state index contributed by atoms with van der Waals surface area (Å²) < 4.78 is 12.8. The first-order valence-corrected chi connectivity index (χ1v) is 12.8. The van der Waals surface area contributed by atoms with Gasteiger partial charge in [0.1, 0.15) is 0 Å². The molecule has 0 aromatic rings. The minimum Gasteiger partial charge on any atom is -0.403 e. The van der Waals surface area contributed by atoms with Crippen LogP contribution in [-0.2, 0) is 9.31 Å². The Bertz CT molecular complexity index is 591. The van der Waals surface area contributed by atoms with E-state index in [2.05, 4.69) is 103 Å². The number of hydrogen-bond acceptors (Lipinski definition) is 2. The molecule has 1 fully saturated rings. The fourth-order valence-electron chi connectivity index (χ4n) is 5.31. The molecular formula is C28H53BO2. The quantitative estimate of drug-likeness (QED) is 0.259. The minimum absolute atomic E-state index is 0.132. The van der Waals surface area contributed by atoms with Crippen LogP contribution in [0, 0.1) is 65.6 Å². The molecule has 0 bridgehead atoms. The maximum absolute atomic E-state index is 6.38. The monoisotopic (exact) mass is 432 g/mol. The molecule has 0 unspecified atom stereocenters. The van der Waals surface area contributed by atoms with Gasteiger partial charge in [-0.15, -0.1) is 12.3 Å². The average Bonchev–Trinajstić information content (AvgIpc) is 2.94. The standard InChI is InChI=1S/C28H53BO2/c1-16-17(2)18(3)19(4)20(5)21(6)22(7)23(8)24(9)25(10)26(11)29-30-27(12,13)28(14,15)31-29/h1,17-26H,2-15H3/t17-,18+,19-,20+,21-,22+,23-,24+,25-,26+/m0/s1. The first-order valence-electron chi connectivity index (χ1n) is 12.8. The molecule has 2 nitrogen and oxygen atoms in total. The lowest BCUT2D eigenvalue weighted by Gasteiger charge is -2.40. The summed E-state index contributed by atoms with van der Waals surface area (Å²) in [4.78, 5) is 0. The Balaban J connectivity index is 2.82. The van der Waals surface area contributed by atoms with Gasteiger partial charge in [-0.2, -0.15) is 0 Å². The fourth-order valence-corrected chi connectivity index (χ4v) is 5.31. The predicted molar refractivity (Wildman–Crippen MR) is 137 cm³/mol. The summed E-state index contributed by atoms with van der Waals surface area (Å²) in [5.41, 5.74) is -0.528. The van der Waals surface area contributed by atoms with E-state index < -0.39 is 0 Å². The summed E-state index contributed by atoms with van der Waals surface area (Å²) in [5, 5.41) is 0. The Morgan fingerprint density at radius 2 is 0.839 bits per heavy atom. The SMILES string of the molecule is C#C[C@H](C)[C@@H](C)[C@H](C)[C@@H](C)[C@H](C)[C@@H](C)[C@H](C)[C@@H](C)[C@H](C)[C@@H](C)B1OC(C)(C)C(C)(C)O1. The molecule has 1 saturated heterocycles. The van der Waals surface area contributed by atoms with Gasteiger partial charge in [-0.3, -0.25) is 0 Å². The molecule has 0 spiro atoms. The largest absolute Gasteiger partial charge is 0.461 e. The molecule has 0 aliphatic carbocycles. The van der Waals surface area contributed by atoms with Gasteiger partial charge in [0.2, 0.25) is 0 Å². The first-order chi connectivity index (χ1) is 14.0. The molecular weight excluding hydrogens is 379 g/mol. The van der Waals surface area contributed by atoms with E-state index in [-0.39, 0.29) is 18.3 Å². The highest BCUT2D eigenvalue weighted by Gasteiger charge is 2.54. The third kappa shape index (κ3) is 6.12. The van der Waals surface area contributed by atoms with Crippen LogP contribution >= 0.6 is 0 Å². The van der Waals surface area contributed by atoms with Crippen molar-refractivity contribution in [2.24, 2.45) is 53.3 Å². The van der Waals surface area contributed by atoms with E-state index in [0.29, 0.717) is 59.1 Å². The van der Waals surface area contributed by atoms with Gasteiger partial charge in [-0.25, -0.2) is 0 Å². The van der Waals surface area contributed by atoms with Gasteiger partial charge >= 0.3 is 7.12 Å². The highest BCUT2D eigenvalue weighted by Crippen LogP contribution is 2.45. The van der Waals surface area contributed by atoms with Gasteiger partial charge in [-0.05, 0) is 80.9 Å².